The molecular formula is C13H23N5. The zero-order chi connectivity index (χ0) is 13.0. The van der Waals surface area contributed by atoms with Crippen molar-refractivity contribution in [3.05, 3.63) is 11.8 Å². The van der Waals surface area contributed by atoms with Crippen molar-refractivity contribution in [2.75, 3.05) is 17.3 Å². The Balaban J connectivity index is 1.89. The maximum atomic E-state index is 5.32. The van der Waals surface area contributed by atoms with Gasteiger partial charge in [0.25, 0.3) is 0 Å². The summed E-state index contributed by atoms with van der Waals surface area (Å²) in [6, 6.07) is 0. The van der Waals surface area contributed by atoms with E-state index in [1.54, 1.807) is 6.20 Å². The van der Waals surface area contributed by atoms with Gasteiger partial charge in [0.1, 0.15) is 5.82 Å². The fraction of sp³-hybridized carbons (Fsp3) is 0.692. The van der Waals surface area contributed by atoms with Crippen molar-refractivity contribution in [3.8, 4) is 0 Å². The van der Waals surface area contributed by atoms with E-state index in [-0.39, 0.29) is 0 Å². The van der Waals surface area contributed by atoms with Gasteiger partial charge in [-0.15, -0.1) is 0 Å². The molecule has 1 aliphatic rings. The van der Waals surface area contributed by atoms with Crippen LogP contribution in [0.5, 0.6) is 0 Å². The molecule has 0 amide bonds. The molecule has 0 radical (unpaired) electrons. The van der Waals surface area contributed by atoms with Gasteiger partial charge in [-0.25, -0.2) is 10.8 Å². The highest BCUT2D eigenvalue weighted by Crippen LogP contribution is 2.28. The largest absolute Gasteiger partial charge is 0.369 e. The van der Waals surface area contributed by atoms with Crippen LogP contribution in [0.1, 0.15) is 38.2 Å². The summed E-state index contributed by atoms with van der Waals surface area (Å²) in [5, 5.41) is 3.43. The van der Waals surface area contributed by atoms with Gasteiger partial charge < -0.3 is 5.32 Å². The summed E-state index contributed by atoms with van der Waals surface area (Å²) in [7, 11) is 0. The summed E-state index contributed by atoms with van der Waals surface area (Å²) in [4.78, 5) is 8.41. The molecule has 18 heavy (non-hydrogen) atoms. The molecule has 0 unspecified atom stereocenters. The van der Waals surface area contributed by atoms with Crippen molar-refractivity contribution in [3.63, 3.8) is 0 Å². The third-order valence-corrected chi connectivity index (χ3v) is 3.79. The molecular weight excluding hydrogens is 226 g/mol. The molecule has 1 heterocycles. The van der Waals surface area contributed by atoms with E-state index in [9.17, 15) is 0 Å². The summed E-state index contributed by atoms with van der Waals surface area (Å²) in [6.07, 6.45) is 7.13. The maximum absolute atomic E-state index is 5.32. The smallest absolute Gasteiger partial charge is 0.239 e. The van der Waals surface area contributed by atoms with Crippen LogP contribution in [0.15, 0.2) is 6.20 Å². The lowest BCUT2D eigenvalue weighted by atomic mass is 9.83. The Kier molecular flexibility index (Phi) is 4.36. The number of aromatic nitrogens is 2. The highest BCUT2D eigenvalue weighted by Gasteiger charge is 2.18. The van der Waals surface area contributed by atoms with E-state index in [1.165, 1.54) is 25.7 Å². The lowest BCUT2D eigenvalue weighted by Crippen LogP contribution is -2.21. The van der Waals surface area contributed by atoms with Gasteiger partial charge in [0, 0.05) is 18.3 Å². The van der Waals surface area contributed by atoms with E-state index in [0.29, 0.717) is 5.95 Å². The van der Waals surface area contributed by atoms with Crippen LogP contribution in [-0.2, 0) is 0 Å². The van der Waals surface area contributed by atoms with Crippen molar-refractivity contribution in [2.45, 2.75) is 39.5 Å². The van der Waals surface area contributed by atoms with E-state index in [4.69, 9.17) is 5.84 Å². The Bertz CT molecular complexity index is 385. The second-order valence-corrected chi connectivity index (χ2v) is 5.38. The molecule has 5 nitrogen and oxygen atoms in total. The van der Waals surface area contributed by atoms with Crippen LogP contribution in [0, 0.1) is 18.8 Å². The van der Waals surface area contributed by atoms with Gasteiger partial charge in [-0.05, 0) is 31.6 Å². The van der Waals surface area contributed by atoms with Crippen LogP contribution in [0.2, 0.25) is 0 Å². The van der Waals surface area contributed by atoms with Crippen LogP contribution in [0.4, 0.5) is 11.8 Å². The summed E-state index contributed by atoms with van der Waals surface area (Å²) in [5.74, 6) is 8.33. The second kappa shape index (κ2) is 6.00. The molecule has 4 N–H and O–H groups in total. The first-order chi connectivity index (χ1) is 8.69. The minimum atomic E-state index is 0.459. The molecule has 0 atom stereocenters. The van der Waals surface area contributed by atoms with E-state index >= 15 is 0 Å². The van der Waals surface area contributed by atoms with Crippen LogP contribution in [0.3, 0.4) is 0 Å². The number of aryl methyl sites for hydroxylation is 1. The fourth-order valence-electron chi connectivity index (χ4n) is 2.46. The predicted molar refractivity (Wildman–Crippen MR) is 74.2 cm³/mol. The SMILES string of the molecule is Cc1cnc(NN)nc1NCC1CCC(C)CC1. The quantitative estimate of drug-likeness (QED) is 0.564. The van der Waals surface area contributed by atoms with E-state index in [1.807, 2.05) is 6.92 Å². The van der Waals surface area contributed by atoms with Gasteiger partial charge >= 0.3 is 0 Å². The highest BCUT2D eigenvalue weighted by atomic mass is 15.3. The predicted octanol–water partition coefficient (Wildman–Crippen LogP) is 2.31. The minimum Gasteiger partial charge on any atom is -0.369 e. The number of nitrogen functional groups attached to an aromatic ring is 1. The number of nitrogens with two attached hydrogens (primary N) is 1. The minimum absolute atomic E-state index is 0.459. The Morgan fingerprint density at radius 3 is 2.72 bits per heavy atom. The fourth-order valence-corrected chi connectivity index (χ4v) is 2.46. The Hall–Kier alpha value is -1.36. The van der Waals surface area contributed by atoms with Crippen LogP contribution < -0.4 is 16.6 Å². The van der Waals surface area contributed by atoms with Gasteiger partial charge in [-0.2, -0.15) is 4.98 Å². The van der Waals surface area contributed by atoms with Crippen molar-refractivity contribution in [2.24, 2.45) is 17.7 Å². The number of nitrogens with one attached hydrogen (secondary N) is 2. The molecule has 5 heteroatoms. The molecule has 1 aromatic heterocycles. The van der Waals surface area contributed by atoms with Gasteiger partial charge in [0.05, 0.1) is 0 Å². The number of nitrogens with zero attached hydrogens (tertiary/aromatic N) is 2. The first-order valence-corrected chi connectivity index (χ1v) is 6.73. The second-order valence-electron chi connectivity index (χ2n) is 5.38. The first-order valence-electron chi connectivity index (χ1n) is 6.73. The average molecular weight is 249 g/mol. The molecule has 0 aliphatic heterocycles. The molecule has 0 aromatic carbocycles. The summed E-state index contributed by atoms with van der Waals surface area (Å²) in [6.45, 7) is 5.34. The summed E-state index contributed by atoms with van der Waals surface area (Å²) >= 11 is 0. The average Bonchev–Trinajstić information content (AvgIpc) is 2.40. The third kappa shape index (κ3) is 3.32. The molecule has 1 aliphatic carbocycles. The normalized spacial score (nSPS) is 23.7. The Morgan fingerprint density at radius 1 is 1.33 bits per heavy atom. The topological polar surface area (TPSA) is 75.9 Å². The molecule has 100 valence electrons. The zero-order valence-electron chi connectivity index (χ0n) is 11.2. The number of hydrogen-bond donors (Lipinski definition) is 3. The number of hydrogen-bond acceptors (Lipinski definition) is 5. The summed E-state index contributed by atoms with van der Waals surface area (Å²) < 4.78 is 0. The van der Waals surface area contributed by atoms with Gasteiger partial charge in [0.2, 0.25) is 5.95 Å². The maximum Gasteiger partial charge on any atom is 0.239 e. The van der Waals surface area contributed by atoms with Crippen LogP contribution >= 0.6 is 0 Å². The van der Waals surface area contributed by atoms with Crippen molar-refractivity contribution in [1.82, 2.24) is 9.97 Å². The van der Waals surface area contributed by atoms with Gasteiger partial charge in [-0.1, -0.05) is 19.8 Å². The number of hydrazine groups is 1. The third-order valence-electron chi connectivity index (χ3n) is 3.79. The monoisotopic (exact) mass is 249 g/mol. The molecule has 1 aromatic rings. The molecule has 2 rings (SSSR count). The van der Waals surface area contributed by atoms with Gasteiger partial charge in [0.15, 0.2) is 0 Å². The number of anilines is 2. The molecule has 0 bridgehead atoms. The summed E-state index contributed by atoms with van der Waals surface area (Å²) in [5.41, 5.74) is 3.53. The van der Waals surface area contributed by atoms with E-state index in [0.717, 1.165) is 29.8 Å². The highest BCUT2D eigenvalue weighted by molar-refractivity contribution is 5.45. The van der Waals surface area contributed by atoms with Crippen LogP contribution in [-0.4, -0.2) is 16.5 Å². The zero-order valence-corrected chi connectivity index (χ0v) is 11.2. The van der Waals surface area contributed by atoms with E-state index in [2.05, 4.69) is 27.6 Å². The van der Waals surface area contributed by atoms with Gasteiger partial charge in [-0.3, -0.25) is 5.43 Å². The molecule has 1 saturated carbocycles. The number of rotatable bonds is 4. The molecule has 0 saturated heterocycles. The van der Waals surface area contributed by atoms with Crippen molar-refractivity contribution >= 4 is 11.8 Å². The first kappa shape index (κ1) is 13.1. The van der Waals surface area contributed by atoms with Crippen molar-refractivity contribution in [1.29, 1.82) is 0 Å². The molecule has 0 spiro atoms. The lowest BCUT2D eigenvalue weighted by molar-refractivity contribution is 0.300. The molecule has 1 fully saturated rings. The Labute approximate surface area is 109 Å². The standard InChI is InChI=1S/C13H23N5/c1-9-3-5-11(6-4-9)8-15-12-10(2)7-16-13(17-12)18-14/h7,9,11H,3-6,8,14H2,1-2H3,(H2,15,16,17,18). The Morgan fingerprint density at radius 2 is 2.06 bits per heavy atom. The van der Waals surface area contributed by atoms with E-state index < -0.39 is 0 Å². The van der Waals surface area contributed by atoms with Crippen LogP contribution in [0.25, 0.3) is 0 Å². The van der Waals surface area contributed by atoms with Crippen molar-refractivity contribution < 1.29 is 0 Å². The lowest BCUT2D eigenvalue weighted by Gasteiger charge is -2.26.